The van der Waals surface area contributed by atoms with Gasteiger partial charge in [-0.1, -0.05) is 30.3 Å². The summed E-state index contributed by atoms with van der Waals surface area (Å²) in [6.07, 6.45) is 0. The molecule has 29 heavy (non-hydrogen) atoms. The zero-order valence-electron chi connectivity index (χ0n) is 16.1. The van der Waals surface area contributed by atoms with Crippen molar-refractivity contribution in [3.05, 3.63) is 54.1 Å². The number of hydrogen-bond donors (Lipinski definition) is 0. The van der Waals surface area contributed by atoms with Gasteiger partial charge < -0.3 is 14.2 Å². The molecule has 3 aromatic rings. The maximum Gasteiger partial charge on any atom is 0.330 e. The van der Waals surface area contributed by atoms with E-state index in [1.807, 2.05) is 6.92 Å². The summed E-state index contributed by atoms with van der Waals surface area (Å²) in [5.41, 5.74) is 1.13. The number of ketones is 1. The van der Waals surface area contributed by atoms with Crippen molar-refractivity contribution in [1.29, 1.82) is 0 Å². The number of rotatable bonds is 9. The average molecular weight is 396 g/mol. The fraction of sp³-hybridized carbons (Fsp3) is 0.250. The van der Waals surface area contributed by atoms with Gasteiger partial charge in [0.1, 0.15) is 0 Å². The second-order valence-electron chi connectivity index (χ2n) is 5.89. The maximum atomic E-state index is 12.0. The fourth-order valence-corrected chi connectivity index (χ4v) is 2.52. The number of aromatic nitrogens is 4. The van der Waals surface area contributed by atoms with E-state index < -0.39 is 5.97 Å². The summed E-state index contributed by atoms with van der Waals surface area (Å²) >= 11 is 0. The third-order valence-corrected chi connectivity index (χ3v) is 3.91. The van der Waals surface area contributed by atoms with E-state index in [0.717, 1.165) is 4.80 Å². The van der Waals surface area contributed by atoms with Crippen molar-refractivity contribution in [2.75, 3.05) is 20.3 Å². The Kier molecular flexibility index (Phi) is 6.51. The average Bonchev–Trinajstić information content (AvgIpc) is 3.21. The lowest BCUT2D eigenvalue weighted by atomic mass is 10.1. The lowest BCUT2D eigenvalue weighted by molar-refractivity contribution is -0.143. The van der Waals surface area contributed by atoms with Crippen molar-refractivity contribution < 1.29 is 23.8 Å². The van der Waals surface area contributed by atoms with Gasteiger partial charge in [0.2, 0.25) is 5.82 Å². The van der Waals surface area contributed by atoms with Crippen LogP contribution in [0.25, 0.3) is 11.4 Å². The van der Waals surface area contributed by atoms with Crippen LogP contribution >= 0.6 is 0 Å². The number of ether oxygens (including phenoxy) is 3. The van der Waals surface area contributed by atoms with Crippen molar-refractivity contribution in [2.45, 2.75) is 13.5 Å². The molecule has 1 aromatic heterocycles. The summed E-state index contributed by atoms with van der Waals surface area (Å²) in [6.45, 7) is 1.79. The molecule has 1 heterocycles. The lowest BCUT2D eigenvalue weighted by Crippen LogP contribution is -2.19. The van der Waals surface area contributed by atoms with E-state index in [2.05, 4.69) is 15.4 Å². The number of tetrazole rings is 1. The number of methoxy groups -OCH3 is 1. The van der Waals surface area contributed by atoms with Gasteiger partial charge in [0.15, 0.2) is 30.4 Å². The van der Waals surface area contributed by atoms with Crippen LogP contribution in [0, 0.1) is 0 Å². The van der Waals surface area contributed by atoms with Crippen LogP contribution in [-0.4, -0.2) is 52.3 Å². The molecule has 0 N–H and O–H groups in total. The van der Waals surface area contributed by atoms with Gasteiger partial charge in [0, 0.05) is 11.1 Å². The number of nitrogens with zero attached hydrogens (tertiary/aromatic N) is 4. The van der Waals surface area contributed by atoms with E-state index >= 15 is 0 Å². The van der Waals surface area contributed by atoms with Crippen molar-refractivity contribution in [3.8, 4) is 22.9 Å². The second kappa shape index (κ2) is 9.45. The summed E-state index contributed by atoms with van der Waals surface area (Å²) in [5, 5.41) is 12.0. The second-order valence-corrected chi connectivity index (χ2v) is 5.89. The highest BCUT2D eigenvalue weighted by molar-refractivity contribution is 5.97. The molecule has 0 aliphatic rings. The topological polar surface area (TPSA) is 105 Å². The first-order valence-electron chi connectivity index (χ1n) is 8.93. The Morgan fingerprint density at radius 3 is 2.59 bits per heavy atom. The number of carbonyl (C=O) groups excluding carboxylic acids is 2. The molecule has 0 spiro atoms. The van der Waals surface area contributed by atoms with Crippen LogP contribution in [0.5, 0.6) is 11.5 Å². The van der Waals surface area contributed by atoms with Crippen molar-refractivity contribution in [2.24, 2.45) is 0 Å². The Labute approximate surface area is 167 Å². The molecular formula is C20H20N4O5. The third kappa shape index (κ3) is 5.16. The standard InChI is InChI=1S/C20H20N4O5/c1-3-28-17-10-9-15(11-18(17)27-2)20-21-23-24(22-20)12-19(26)29-13-16(25)14-7-5-4-6-8-14/h4-11H,3,12-13H2,1-2H3. The Bertz CT molecular complexity index is 988. The van der Waals surface area contributed by atoms with Crippen molar-refractivity contribution in [1.82, 2.24) is 20.2 Å². The van der Waals surface area contributed by atoms with E-state index in [1.165, 1.54) is 0 Å². The molecule has 9 nitrogen and oxygen atoms in total. The Morgan fingerprint density at radius 2 is 1.86 bits per heavy atom. The molecule has 0 atom stereocenters. The van der Waals surface area contributed by atoms with Crippen LogP contribution in [0.15, 0.2) is 48.5 Å². The molecule has 2 aromatic carbocycles. The molecule has 0 saturated carbocycles. The molecule has 0 unspecified atom stereocenters. The predicted molar refractivity (Wildman–Crippen MR) is 103 cm³/mol. The molecule has 0 amide bonds. The Morgan fingerprint density at radius 1 is 1.07 bits per heavy atom. The minimum Gasteiger partial charge on any atom is -0.493 e. The first-order valence-corrected chi connectivity index (χ1v) is 8.93. The molecule has 150 valence electrons. The smallest absolute Gasteiger partial charge is 0.330 e. The van der Waals surface area contributed by atoms with Gasteiger partial charge in [-0.25, -0.2) is 4.79 Å². The summed E-state index contributed by atoms with van der Waals surface area (Å²) in [6, 6.07) is 13.9. The summed E-state index contributed by atoms with van der Waals surface area (Å²) in [7, 11) is 1.54. The van der Waals surface area contributed by atoms with Crippen molar-refractivity contribution >= 4 is 11.8 Å². The molecule has 9 heteroatoms. The monoisotopic (exact) mass is 396 g/mol. The lowest BCUT2D eigenvalue weighted by Gasteiger charge is -2.09. The zero-order valence-corrected chi connectivity index (χ0v) is 16.1. The van der Waals surface area contributed by atoms with Gasteiger partial charge in [0.05, 0.1) is 13.7 Å². The number of Topliss-reactive ketones (excluding diaryl/α,β-unsaturated/α-hetero) is 1. The summed E-state index contributed by atoms with van der Waals surface area (Å²) in [4.78, 5) is 25.1. The molecular weight excluding hydrogens is 376 g/mol. The van der Waals surface area contributed by atoms with Crippen molar-refractivity contribution in [3.63, 3.8) is 0 Å². The zero-order chi connectivity index (χ0) is 20.6. The fourth-order valence-electron chi connectivity index (χ4n) is 2.52. The summed E-state index contributed by atoms with van der Waals surface area (Å²) in [5.74, 6) is 0.548. The van der Waals surface area contributed by atoms with E-state index in [9.17, 15) is 9.59 Å². The Hall–Kier alpha value is -3.75. The normalized spacial score (nSPS) is 10.4. The van der Waals surface area contributed by atoms with Gasteiger partial charge in [0.25, 0.3) is 0 Å². The quantitative estimate of drug-likeness (QED) is 0.400. The van der Waals surface area contributed by atoms with Gasteiger partial charge in [-0.2, -0.15) is 4.80 Å². The number of hydrogen-bond acceptors (Lipinski definition) is 8. The predicted octanol–water partition coefficient (Wildman–Crippen LogP) is 2.17. The van der Waals surface area contributed by atoms with E-state index in [1.54, 1.807) is 55.6 Å². The SMILES string of the molecule is CCOc1ccc(-c2nnn(CC(=O)OCC(=O)c3ccccc3)n2)cc1OC. The molecule has 0 bridgehead atoms. The van der Waals surface area contributed by atoms with Gasteiger partial charge in [-0.15, -0.1) is 10.2 Å². The summed E-state index contributed by atoms with van der Waals surface area (Å²) < 4.78 is 15.8. The third-order valence-electron chi connectivity index (χ3n) is 3.91. The highest BCUT2D eigenvalue weighted by Gasteiger charge is 2.14. The number of esters is 1. The van der Waals surface area contributed by atoms with E-state index in [-0.39, 0.29) is 18.9 Å². The van der Waals surface area contributed by atoms with Crippen LogP contribution < -0.4 is 9.47 Å². The van der Waals surface area contributed by atoms with Gasteiger partial charge >= 0.3 is 5.97 Å². The molecule has 0 saturated heterocycles. The highest BCUT2D eigenvalue weighted by atomic mass is 16.5. The molecule has 0 fully saturated rings. The first kappa shape index (κ1) is 20.0. The molecule has 0 aliphatic carbocycles. The van der Waals surface area contributed by atoms with E-state index in [4.69, 9.17) is 14.2 Å². The highest BCUT2D eigenvalue weighted by Crippen LogP contribution is 2.31. The van der Waals surface area contributed by atoms with Crippen LogP contribution in [0.4, 0.5) is 0 Å². The van der Waals surface area contributed by atoms with Crippen LogP contribution in [0.3, 0.4) is 0 Å². The van der Waals surface area contributed by atoms with Crippen LogP contribution in [-0.2, 0) is 16.1 Å². The van der Waals surface area contributed by atoms with Crippen LogP contribution in [0.2, 0.25) is 0 Å². The molecule has 0 radical (unpaired) electrons. The van der Waals surface area contributed by atoms with Gasteiger partial charge in [-0.05, 0) is 30.3 Å². The number of benzene rings is 2. The minimum absolute atomic E-state index is 0.261. The minimum atomic E-state index is -0.637. The molecule has 0 aliphatic heterocycles. The Balaban J connectivity index is 1.60. The van der Waals surface area contributed by atoms with Gasteiger partial charge in [-0.3, -0.25) is 4.79 Å². The molecule has 3 rings (SSSR count). The van der Waals surface area contributed by atoms with Crippen LogP contribution in [0.1, 0.15) is 17.3 Å². The number of carbonyl (C=O) groups is 2. The largest absolute Gasteiger partial charge is 0.493 e. The maximum absolute atomic E-state index is 12.0. The first-order chi connectivity index (χ1) is 14.1. The van der Waals surface area contributed by atoms with E-state index in [0.29, 0.717) is 35.1 Å².